The fraction of sp³-hybridized carbons (Fsp3) is 0.143. The Morgan fingerprint density at radius 1 is 1.21 bits per heavy atom. The van der Waals surface area contributed by atoms with Gasteiger partial charge in [0.2, 0.25) is 0 Å². The molecule has 0 bridgehead atoms. The van der Waals surface area contributed by atoms with E-state index in [-0.39, 0.29) is 5.91 Å². The van der Waals surface area contributed by atoms with Crippen LogP contribution < -0.4 is 10.1 Å². The lowest BCUT2D eigenvalue weighted by atomic mass is 10.2. The molecule has 8 heteroatoms. The smallest absolute Gasteiger partial charge is 0.272 e. The van der Waals surface area contributed by atoms with Crippen molar-refractivity contribution in [3.63, 3.8) is 0 Å². The van der Waals surface area contributed by atoms with E-state index in [1.807, 2.05) is 42.6 Å². The van der Waals surface area contributed by atoms with Crippen LogP contribution in [-0.2, 0) is 6.54 Å². The third kappa shape index (κ3) is 4.17. The van der Waals surface area contributed by atoms with Gasteiger partial charge in [0.05, 0.1) is 19.3 Å². The molecular formula is C21H19N5O2S. The zero-order valence-corrected chi connectivity index (χ0v) is 16.8. The van der Waals surface area contributed by atoms with Gasteiger partial charge in [-0.05, 0) is 42.8 Å². The van der Waals surface area contributed by atoms with Gasteiger partial charge < -0.3 is 10.1 Å². The Morgan fingerprint density at radius 2 is 2.03 bits per heavy atom. The standard InChI is InChI=1S/C21H19N5O2S/c1-14-3-4-19(28-2)18(11-14)26-10-7-16(25-26)21(27)23-12-20-24-17(13-29-20)15-5-8-22-9-6-15/h3-11,13H,12H2,1-2H3,(H,23,27). The van der Waals surface area contributed by atoms with Crippen molar-refractivity contribution in [2.75, 3.05) is 7.11 Å². The van der Waals surface area contributed by atoms with Crippen LogP contribution in [0.3, 0.4) is 0 Å². The molecule has 4 aromatic rings. The number of rotatable bonds is 6. The number of thiazole rings is 1. The molecule has 146 valence electrons. The number of benzene rings is 1. The molecule has 4 rings (SSSR count). The largest absolute Gasteiger partial charge is 0.494 e. The first kappa shape index (κ1) is 18.8. The predicted octanol–water partition coefficient (Wildman–Crippen LogP) is 3.64. The minimum Gasteiger partial charge on any atom is -0.494 e. The molecule has 3 heterocycles. The van der Waals surface area contributed by atoms with Gasteiger partial charge in [-0.15, -0.1) is 11.3 Å². The first-order valence-electron chi connectivity index (χ1n) is 8.98. The van der Waals surface area contributed by atoms with Crippen molar-refractivity contribution >= 4 is 17.2 Å². The van der Waals surface area contributed by atoms with Gasteiger partial charge in [0.15, 0.2) is 5.69 Å². The highest BCUT2D eigenvalue weighted by Crippen LogP contribution is 2.24. The molecule has 0 saturated carbocycles. The maximum absolute atomic E-state index is 12.5. The van der Waals surface area contributed by atoms with E-state index in [9.17, 15) is 4.79 Å². The molecule has 1 N–H and O–H groups in total. The Balaban J connectivity index is 1.44. The summed E-state index contributed by atoms with van der Waals surface area (Å²) in [4.78, 5) is 21.1. The molecule has 0 unspecified atom stereocenters. The molecule has 0 radical (unpaired) electrons. The summed E-state index contributed by atoms with van der Waals surface area (Å²) in [7, 11) is 1.61. The van der Waals surface area contributed by atoms with Crippen LogP contribution in [0.2, 0.25) is 0 Å². The number of carbonyl (C=O) groups excluding carboxylic acids is 1. The van der Waals surface area contributed by atoms with E-state index in [0.29, 0.717) is 18.0 Å². The number of amides is 1. The summed E-state index contributed by atoms with van der Waals surface area (Å²) in [6.07, 6.45) is 5.21. The average Bonchev–Trinajstić information content (AvgIpc) is 3.43. The number of pyridine rings is 1. The second kappa shape index (κ2) is 8.24. The Labute approximate surface area is 172 Å². The monoisotopic (exact) mass is 405 g/mol. The first-order valence-corrected chi connectivity index (χ1v) is 9.85. The number of hydrogen-bond acceptors (Lipinski definition) is 6. The number of aryl methyl sites for hydroxylation is 1. The molecule has 0 spiro atoms. The van der Waals surface area contributed by atoms with Crippen LogP contribution in [0, 0.1) is 6.92 Å². The van der Waals surface area contributed by atoms with Crippen LogP contribution in [0.15, 0.2) is 60.4 Å². The number of nitrogens with zero attached hydrogens (tertiary/aromatic N) is 4. The van der Waals surface area contributed by atoms with Gasteiger partial charge in [-0.3, -0.25) is 9.78 Å². The molecule has 0 saturated heterocycles. The van der Waals surface area contributed by atoms with Crippen LogP contribution in [-0.4, -0.2) is 32.8 Å². The molecule has 0 aliphatic heterocycles. The average molecular weight is 405 g/mol. The number of hydrogen-bond donors (Lipinski definition) is 1. The highest BCUT2D eigenvalue weighted by atomic mass is 32.1. The topological polar surface area (TPSA) is 81.9 Å². The summed E-state index contributed by atoms with van der Waals surface area (Å²) in [6, 6.07) is 11.3. The number of carbonyl (C=O) groups is 1. The van der Waals surface area contributed by atoms with Crippen LogP contribution in [0.25, 0.3) is 16.9 Å². The normalized spacial score (nSPS) is 10.7. The van der Waals surface area contributed by atoms with E-state index in [0.717, 1.165) is 27.5 Å². The molecule has 3 aromatic heterocycles. The van der Waals surface area contributed by atoms with Crippen molar-refractivity contribution in [1.82, 2.24) is 25.1 Å². The van der Waals surface area contributed by atoms with Crippen LogP contribution >= 0.6 is 11.3 Å². The molecule has 0 fully saturated rings. The van der Waals surface area contributed by atoms with Crippen molar-refractivity contribution in [3.8, 4) is 22.7 Å². The summed E-state index contributed by atoms with van der Waals surface area (Å²) < 4.78 is 7.04. The van der Waals surface area contributed by atoms with E-state index in [1.165, 1.54) is 11.3 Å². The third-order valence-corrected chi connectivity index (χ3v) is 5.18. The van der Waals surface area contributed by atoms with Crippen molar-refractivity contribution in [2.24, 2.45) is 0 Å². The zero-order chi connectivity index (χ0) is 20.2. The summed E-state index contributed by atoms with van der Waals surface area (Å²) in [6.45, 7) is 2.34. The van der Waals surface area contributed by atoms with Crippen molar-refractivity contribution in [2.45, 2.75) is 13.5 Å². The number of ether oxygens (including phenoxy) is 1. The SMILES string of the molecule is COc1ccc(C)cc1-n1ccc(C(=O)NCc2nc(-c3ccncc3)cs2)n1. The van der Waals surface area contributed by atoms with Gasteiger partial charge in [0.1, 0.15) is 16.4 Å². The van der Waals surface area contributed by atoms with Gasteiger partial charge in [-0.25, -0.2) is 9.67 Å². The van der Waals surface area contributed by atoms with Crippen LogP contribution in [0.1, 0.15) is 21.1 Å². The maximum atomic E-state index is 12.5. The van der Waals surface area contributed by atoms with Crippen LogP contribution in [0.5, 0.6) is 5.75 Å². The summed E-state index contributed by atoms with van der Waals surface area (Å²) in [5.74, 6) is 0.438. The molecular weight excluding hydrogens is 386 g/mol. The lowest BCUT2D eigenvalue weighted by Crippen LogP contribution is -2.23. The zero-order valence-electron chi connectivity index (χ0n) is 16.0. The van der Waals surface area contributed by atoms with Crippen molar-refractivity contribution in [1.29, 1.82) is 0 Å². The second-order valence-corrected chi connectivity index (χ2v) is 7.31. The Bertz CT molecular complexity index is 1140. The van der Waals surface area contributed by atoms with Crippen LogP contribution in [0.4, 0.5) is 0 Å². The van der Waals surface area contributed by atoms with E-state index in [2.05, 4.69) is 20.4 Å². The highest BCUT2D eigenvalue weighted by Gasteiger charge is 2.13. The Hall–Kier alpha value is -3.52. The lowest BCUT2D eigenvalue weighted by molar-refractivity contribution is 0.0945. The fourth-order valence-electron chi connectivity index (χ4n) is 2.85. The van der Waals surface area contributed by atoms with E-state index in [4.69, 9.17) is 4.74 Å². The molecule has 0 aliphatic carbocycles. The predicted molar refractivity (Wildman–Crippen MR) is 111 cm³/mol. The molecule has 1 aromatic carbocycles. The highest BCUT2D eigenvalue weighted by molar-refractivity contribution is 7.09. The van der Waals surface area contributed by atoms with Crippen molar-refractivity contribution < 1.29 is 9.53 Å². The van der Waals surface area contributed by atoms with Gasteiger partial charge in [-0.2, -0.15) is 5.10 Å². The summed E-state index contributed by atoms with van der Waals surface area (Å²) in [5.41, 5.74) is 4.07. The fourth-order valence-corrected chi connectivity index (χ4v) is 3.60. The number of aromatic nitrogens is 4. The number of nitrogens with one attached hydrogen (secondary N) is 1. The number of methoxy groups -OCH3 is 1. The third-order valence-electron chi connectivity index (χ3n) is 4.33. The molecule has 7 nitrogen and oxygen atoms in total. The lowest BCUT2D eigenvalue weighted by Gasteiger charge is -2.09. The molecule has 0 aliphatic rings. The minimum absolute atomic E-state index is 0.254. The molecule has 0 atom stereocenters. The molecule has 1 amide bonds. The first-order chi connectivity index (χ1) is 14.1. The van der Waals surface area contributed by atoms with Crippen molar-refractivity contribution in [3.05, 3.63) is 76.6 Å². The quantitative estimate of drug-likeness (QED) is 0.530. The van der Waals surface area contributed by atoms with E-state index >= 15 is 0 Å². The second-order valence-electron chi connectivity index (χ2n) is 6.37. The maximum Gasteiger partial charge on any atom is 0.272 e. The van der Waals surface area contributed by atoms with Gasteiger partial charge in [0.25, 0.3) is 5.91 Å². The van der Waals surface area contributed by atoms with E-state index < -0.39 is 0 Å². The summed E-state index contributed by atoms with van der Waals surface area (Å²) in [5, 5.41) is 10.1. The van der Waals surface area contributed by atoms with Gasteiger partial charge in [0, 0.05) is 29.5 Å². The molecule has 29 heavy (non-hydrogen) atoms. The Kier molecular flexibility index (Phi) is 5.35. The van der Waals surface area contributed by atoms with Gasteiger partial charge in [-0.1, -0.05) is 6.07 Å². The Morgan fingerprint density at radius 3 is 2.83 bits per heavy atom. The van der Waals surface area contributed by atoms with E-state index in [1.54, 1.807) is 36.4 Å². The summed E-state index contributed by atoms with van der Waals surface area (Å²) >= 11 is 1.50. The minimum atomic E-state index is -0.254. The van der Waals surface area contributed by atoms with Gasteiger partial charge >= 0.3 is 0 Å².